The fourth-order valence-corrected chi connectivity index (χ4v) is 2.91. The number of carboxylic acid groups (broad SMARTS) is 1. The molecule has 0 bridgehead atoms. The summed E-state index contributed by atoms with van der Waals surface area (Å²) in [5.74, 6) is -1.46. The summed E-state index contributed by atoms with van der Waals surface area (Å²) < 4.78 is 41.4. The van der Waals surface area contributed by atoms with Crippen molar-refractivity contribution in [1.29, 1.82) is 0 Å². The predicted molar refractivity (Wildman–Crippen MR) is 91.1 cm³/mol. The summed E-state index contributed by atoms with van der Waals surface area (Å²) in [5.41, 5.74) is 3.45. The highest BCUT2D eigenvalue weighted by Gasteiger charge is 2.31. The van der Waals surface area contributed by atoms with Crippen molar-refractivity contribution in [3.8, 4) is 17.0 Å². The molecule has 2 aromatic carbocycles. The number of alkyl halides is 3. The molecular weight excluding hydrogens is 347 g/mol. The minimum absolute atomic E-state index is 0.319. The van der Waals surface area contributed by atoms with Crippen molar-refractivity contribution >= 4 is 16.9 Å². The number of rotatable bonds is 5. The van der Waals surface area contributed by atoms with E-state index in [-0.39, 0.29) is 12.2 Å². The van der Waals surface area contributed by atoms with Crippen molar-refractivity contribution in [3.63, 3.8) is 0 Å². The molecule has 7 heteroatoms. The Labute approximate surface area is 147 Å². The Morgan fingerprint density at radius 3 is 2.42 bits per heavy atom. The number of carboxylic acids is 1. The number of aryl methyl sites for hydroxylation is 1. The number of hydrogen-bond donors (Lipinski definition) is 2. The average Bonchev–Trinajstić information content (AvgIpc) is 2.91. The van der Waals surface area contributed by atoms with Gasteiger partial charge in [0.2, 0.25) is 0 Å². The van der Waals surface area contributed by atoms with Crippen molar-refractivity contribution < 1.29 is 27.8 Å². The highest BCUT2D eigenvalue weighted by molar-refractivity contribution is 5.94. The highest BCUT2D eigenvalue weighted by Crippen LogP contribution is 2.34. The highest BCUT2D eigenvalue weighted by atomic mass is 19.4. The van der Waals surface area contributed by atoms with Crippen LogP contribution in [0.25, 0.3) is 22.2 Å². The molecule has 0 aliphatic rings. The van der Waals surface area contributed by atoms with Gasteiger partial charge in [0.05, 0.1) is 12.1 Å². The van der Waals surface area contributed by atoms with E-state index in [0.29, 0.717) is 22.2 Å². The van der Waals surface area contributed by atoms with Gasteiger partial charge in [-0.15, -0.1) is 13.2 Å². The number of nitrogens with one attached hydrogen (secondary N) is 1. The first-order valence-electron chi connectivity index (χ1n) is 7.98. The van der Waals surface area contributed by atoms with E-state index in [1.807, 2.05) is 31.2 Å². The molecular formula is C19H16F3NO3. The number of aromatic nitrogens is 1. The summed E-state index contributed by atoms with van der Waals surface area (Å²) in [6, 6.07) is 11.4. The smallest absolute Gasteiger partial charge is 0.481 e. The quantitative estimate of drug-likeness (QED) is 0.676. The molecule has 3 aromatic rings. The van der Waals surface area contributed by atoms with E-state index in [9.17, 15) is 23.1 Å². The van der Waals surface area contributed by atoms with Gasteiger partial charge in [-0.2, -0.15) is 0 Å². The molecule has 0 radical (unpaired) electrons. The normalized spacial score (nSPS) is 11.7. The van der Waals surface area contributed by atoms with Gasteiger partial charge in [0.15, 0.2) is 0 Å². The average molecular weight is 363 g/mol. The van der Waals surface area contributed by atoms with Crippen molar-refractivity contribution in [2.24, 2.45) is 0 Å². The van der Waals surface area contributed by atoms with Gasteiger partial charge >= 0.3 is 12.3 Å². The second kappa shape index (κ2) is 6.74. The van der Waals surface area contributed by atoms with Gasteiger partial charge in [0.1, 0.15) is 5.75 Å². The summed E-state index contributed by atoms with van der Waals surface area (Å²) in [4.78, 5) is 14.4. The van der Waals surface area contributed by atoms with Gasteiger partial charge in [-0.1, -0.05) is 31.2 Å². The monoisotopic (exact) mass is 363 g/mol. The van der Waals surface area contributed by atoms with E-state index < -0.39 is 12.3 Å². The maximum atomic E-state index is 12.5. The van der Waals surface area contributed by atoms with Crippen LogP contribution in [-0.4, -0.2) is 22.4 Å². The summed E-state index contributed by atoms with van der Waals surface area (Å²) in [6.45, 7) is 2.02. The minimum atomic E-state index is -4.81. The van der Waals surface area contributed by atoms with Crippen LogP contribution in [0.4, 0.5) is 13.2 Å². The zero-order chi connectivity index (χ0) is 18.9. The molecule has 0 saturated heterocycles. The number of fused-ring (bicyclic) bond motifs is 1. The molecule has 1 aromatic heterocycles. The van der Waals surface area contributed by atoms with Gasteiger partial charge in [0, 0.05) is 10.9 Å². The van der Waals surface area contributed by atoms with Gasteiger partial charge in [-0.25, -0.2) is 0 Å². The Morgan fingerprint density at radius 2 is 1.85 bits per heavy atom. The van der Waals surface area contributed by atoms with E-state index in [1.54, 1.807) is 0 Å². The van der Waals surface area contributed by atoms with Crippen LogP contribution >= 0.6 is 0 Å². The van der Waals surface area contributed by atoms with E-state index in [1.165, 1.54) is 18.2 Å². The van der Waals surface area contributed by atoms with Crippen LogP contribution in [0, 0.1) is 0 Å². The van der Waals surface area contributed by atoms with Crippen molar-refractivity contribution in [2.75, 3.05) is 0 Å². The van der Waals surface area contributed by atoms with Crippen LogP contribution in [0.5, 0.6) is 5.75 Å². The van der Waals surface area contributed by atoms with Crippen LogP contribution in [0.1, 0.15) is 18.1 Å². The number of aromatic amines is 1. The van der Waals surface area contributed by atoms with Gasteiger partial charge in [0.25, 0.3) is 0 Å². The maximum Gasteiger partial charge on any atom is 0.573 e. The lowest BCUT2D eigenvalue weighted by atomic mass is 10.0. The Hall–Kier alpha value is -2.96. The SMILES string of the molecule is CCc1ccc(-c2[nH]c3ccc(OC(F)(F)F)cc3c2CC(=O)O)cc1. The third kappa shape index (κ3) is 3.82. The summed E-state index contributed by atoms with van der Waals surface area (Å²) >= 11 is 0. The molecule has 0 unspecified atom stereocenters. The molecule has 1 heterocycles. The molecule has 0 aliphatic carbocycles. The molecule has 26 heavy (non-hydrogen) atoms. The van der Waals surface area contributed by atoms with Crippen molar-refractivity contribution in [2.45, 2.75) is 26.1 Å². The summed E-state index contributed by atoms with van der Waals surface area (Å²) in [6.07, 6.45) is -4.26. The van der Waals surface area contributed by atoms with Gasteiger partial charge < -0.3 is 14.8 Å². The molecule has 0 atom stereocenters. The number of hydrogen-bond acceptors (Lipinski definition) is 2. The fraction of sp³-hybridized carbons (Fsp3) is 0.211. The third-order valence-electron chi connectivity index (χ3n) is 4.09. The van der Waals surface area contributed by atoms with Crippen LogP contribution in [0.3, 0.4) is 0 Å². The predicted octanol–water partition coefficient (Wildman–Crippen LogP) is 4.92. The lowest BCUT2D eigenvalue weighted by Crippen LogP contribution is -2.17. The zero-order valence-corrected chi connectivity index (χ0v) is 13.9. The number of benzene rings is 2. The summed E-state index contributed by atoms with van der Waals surface area (Å²) in [7, 11) is 0. The first kappa shape index (κ1) is 17.8. The number of H-pyrrole nitrogens is 1. The van der Waals surface area contributed by atoms with Crippen LogP contribution in [-0.2, 0) is 17.6 Å². The zero-order valence-electron chi connectivity index (χ0n) is 13.9. The van der Waals surface area contributed by atoms with Crippen molar-refractivity contribution in [3.05, 3.63) is 53.6 Å². The first-order chi connectivity index (χ1) is 12.3. The first-order valence-corrected chi connectivity index (χ1v) is 7.98. The number of aliphatic carboxylic acids is 1. The molecule has 0 spiro atoms. The molecule has 0 aliphatic heterocycles. The Balaban J connectivity index is 2.13. The third-order valence-corrected chi connectivity index (χ3v) is 4.09. The molecule has 0 fully saturated rings. The lowest BCUT2D eigenvalue weighted by Gasteiger charge is -2.09. The van der Waals surface area contributed by atoms with Crippen LogP contribution in [0.2, 0.25) is 0 Å². The Morgan fingerprint density at radius 1 is 1.15 bits per heavy atom. The van der Waals surface area contributed by atoms with E-state index >= 15 is 0 Å². The number of ether oxygens (including phenoxy) is 1. The number of halogens is 3. The molecule has 2 N–H and O–H groups in total. The van der Waals surface area contributed by atoms with Gasteiger partial charge in [-0.3, -0.25) is 4.79 Å². The Kier molecular flexibility index (Phi) is 4.63. The van der Waals surface area contributed by atoms with E-state index in [0.717, 1.165) is 17.5 Å². The maximum absolute atomic E-state index is 12.5. The molecule has 4 nitrogen and oxygen atoms in total. The fourth-order valence-electron chi connectivity index (χ4n) is 2.91. The van der Waals surface area contributed by atoms with Gasteiger partial charge in [-0.05, 0) is 41.3 Å². The molecule has 0 amide bonds. The minimum Gasteiger partial charge on any atom is -0.481 e. The molecule has 0 saturated carbocycles. The van der Waals surface area contributed by atoms with Crippen molar-refractivity contribution in [1.82, 2.24) is 4.98 Å². The summed E-state index contributed by atoms with van der Waals surface area (Å²) in [5, 5.41) is 9.62. The topological polar surface area (TPSA) is 62.3 Å². The van der Waals surface area contributed by atoms with Crippen LogP contribution in [0.15, 0.2) is 42.5 Å². The standard InChI is InChI=1S/C19H16F3NO3/c1-2-11-3-5-12(6-4-11)18-15(10-17(24)25)14-9-13(26-19(20,21)22)7-8-16(14)23-18/h3-9,23H,2,10H2,1H3,(H,24,25). The molecule has 136 valence electrons. The number of carbonyl (C=O) groups is 1. The van der Waals surface area contributed by atoms with E-state index in [2.05, 4.69) is 9.72 Å². The molecule has 3 rings (SSSR count). The largest absolute Gasteiger partial charge is 0.573 e. The second-order valence-electron chi connectivity index (χ2n) is 5.85. The van der Waals surface area contributed by atoms with E-state index in [4.69, 9.17) is 0 Å². The second-order valence-corrected chi connectivity index (χ2v) is 5.85. The lowest BCUT2D eigenvalue weighted by molar-refractivity contribution is -0.274. The van der Waals surface area contributed by atoms with Crippen LogP contribution < -0.4 is 4.74 Å². The Bertz CT molecular complexity index is 943.